The first kappa shape index (κ1) is 17.2. The van der Waals surface area contributed by atoms with Crippen LogP contribution in [0.15, 0.2) is 47.4 Å². The molecule has 4 nitrogen and oxygen atoms in total. The number of aryl methyl sites for hydroxylation is 2. The molecule has 1 aliphatic carbocycles. The molecular formula is C20H21FN2O2S. The van der Waals surface area contributed by atoms with Crippen LogP contribution in [0.25, 0.3) is 10.9 Å². The zero-order valence-electron chi connectivity index (χ0n) is 14.5. The molecule has 4 rings (SSSR count). The molecule has 1 aromatic heterocycles. The number of hydrogen-bond acceptors (Lipinski definition) is 2. The third-order valence-corrected chi connectivity index (χ3v) is 6.65. The number of aromatic amines is 1. The topological polar surface area (TPSA) is 62.0 Å². The number of H-pyrrole nitrogens is 1. The Labute approximate surface area is 152 Å². The number of rotatable bonds is 4. The molecule has 0 bridgehead atoms. The van der Waals surface area contributed by atoms with Gasteiger partial charge in [0.25, 0.3) is 0 Å². The van der Waals surface area contributed by atoms with Crippen LogP contribution in [0.4, 0.5) is 4.39 Å². The van der Waals surface area contributed by atoms with E-state index in [9.17, 15) is 12.8 Å². The first-order valence-corrected chi connectivity index (χ1v) is 10.3. The van der Waals surface area contributed by atoms with Crippen LogP contribution in [0, 0.1) is 5.82 Å². The molecule has 6 heteroatoms. The lowest BCUT2D eigenvalue weighted by molar-refractivity contribution is 0.506. The summed E-state index contributed by atoms with van der Waals surface area (Å²) in [6, 6.07) is 11.5. The van der Waals surface area contributed by atoms with Gasteiger partial charge in [0.05, 0.1) is 4.90 Å². The van der Waals surface area contributed by atoms with E-state index in [0.717, 1.165) is 40.6 Å². The molecule has 1 heterocycles. The smallest absolute Gasteiger partial charge is 0.240 e. The Hall–Kier alpha value is -2.18. The lowest BCUT2D eigenvalue weighted by Gasteiger charge is -2.23. The van der Waals surface area contributed by atoms with E-state index < -0.39 is 10.0 Å². The fourth-order valence-electron chi connectivity index (χ4n) is 3.68. The highest BCUT2D eigenvalue weighted by molar-refractivity contribution is 7.89. The molecule has 0 amide bonds. The summed E-state index contributed by atoms with van der Waals surface area (Å²) in [6.45, 7) is 2.03. The van der Waals surface area contributed by atoms with Crippen molar-refractivity contribution in [3.8, 4) is 0 Å². The Kier molecular flexibility index (Phi) is 4.32. The maximum absolute atomic E-state index is 13.6. The molecule has 1 atom stereocenters. The highest BCUT2D eigenvalue weighted by Gasteiger charge is 2.26. The van der Waals surface area contributed by atoms with Crippen LogP contribution >= 0.6 is 0 Å². The van der Waals surface area contributed by atoms with E-state index in [2.05, 4.69) is 9.71 Å². The zero-order valence-corrected chi connectivity index (χ0v) is 15.4. The minimum Gasteiger partial charge on any atom is -0.358 e. The Balaban J connectivity index is 1.58. The molecule has 2 N–H and O–H groups in total. The summed E-state index contributed by atoms with van der Waals surface area (Å²) in [5, 5.41) is 0.844. The van der Waals surface area contributed by atoms with E-state index >= 15 is 0 Å². The molecular weight excluding hydrogens is 351 g/mol. The predicted molar refractivity (Wildman–Crippen MR) is 100 cm³/mol. The van der Waals surface area contributed by atoms with Crippen LogP contribution in [-0.4, -0.2) is 19.4 Å². The molecule has 26 heavy (non-hydrogen) atoms. The van der Waals surface area contributed by atoms with Gasteiger partial charge in [-0.2, -0.15) is 0 Å². The van der Waals surface area contributed by atoms with Gasteiger partial charge in [-0.25, -0.2) is 17.5 Å². The second-order valence-electron chi connectivity index (χ2n) is 6.83. The molecule has 3 aromatic rings. The molecule has 1 aliphatic rings. The Morgan fingerprint density at radius 1 is 1.19 bits per heavy atom. The summed E-state index contributed by atoms with van der Waals surface area (Å²) in [5.41, 5.74) is 4.09. The quantitative estimate of drug-likeness (QED) is 0.733. The van der Waals surface area contributed by atoms with Crippen LogP contribution in [0.1, 0.15) is 30.2 Å². The Morgan fingerprint density at radius 3 is 2.69 bits per heavy atom. The second kappa shape index (κ2) is 6.52. The first-order chi connectivity index (χ1) is 12.5. The number of nitrogens with one attached hydrogen (secondary N) is 2. The normalized spacial score (nSPS) is 17.4. The number of benzene rings is 2. The van der Waals surface area contributed by atoms with E-state index in [0.29, 0.717) is 12.8 Å². The number of fused-ring (bicyclic) bond motifs is 3. The summed E-state index contributed by atoms with van der Waals surface area (Å²) in [6.07, 6.45) is 2.89. The van der Waals surface area contributed by atoms with Crippen molar-refractivity contribution in [3.63, 3.8) is 0 Å². The molecule has 0 spiro atoms. The van der Waals surface area contributed by atoms with Crippen molar-refractivity contribution in [2.75, 3.05) is 0 Å². The Morgan fingerprint density at radius 2 is 1.96 bits per heavy atom. The second-order valence-corrected chi connectivity index (χ2v) is 8.54. The minimum atomic E-state index is -3.57. The van der Waals surface area contributed by atoms with Crippen LogP contribution in [0.3, 0.4) is 0 Å². The van der Waals surface area contributed by atoms with Gasteiger partial charge < -0.3 is 4.98 Å². The van der Waals surface area contributed by atoms with Gasteiger partial charge in [0.15, 0.2) is 0 Å². The van der Waals surface area contributed by atoms with Crippen molar-refractivity contribution < 1.29 is 12.8 Å². The van der Waals surface area contributed by atoms with Crippen LogP contribution < -0.4 is 4.72 Å². The highest BCUT2D eigenvalue weighted by Crippen LogP contribution is 2.30. The SMILES string of the molecule is CCc1ccc(S(=O)(=O)NC2CCc3[nH]c4ccc(F)cc4c3C2)cc1. The highest BCUT2D eigenvalue weighted by atomic mass is 32.2. The van der Waals surface area contributed by atoms with Crippen LogP contribution in [-0.2, 0) is 29.3 Å². The predicted octanol–water partition coefficient (Wildman–Crippen LogP) is 3.71. The molecule has 0 saturated heterocycles. The average Bonchev–Trinajstić information content (AvgIpc) is 2.99. The van der Waals surface area contributed by atoms with E-state index in [4.69, 9.17) is 0 Å². The summed E-state index contributed by atoms with van der Waals surface area (Å²) >= 11 is 0. The number of aromatic nitrogens is 1. The van der Waals surface area contributed by atoms with Gasteiger partial charge >= 0.3 is 0 Å². The van der Waals surface area contributed by atoms with Gasteiger partial charge in [-0.05, 0) is 67.1 Å². The molecule has 0 saturated carbocycles. The molecule has 136 valence electrons. The van der Waals surface area contributed by atoms with E-state index in [1.165, 1.54) is 12.1 Å². The van der Waals surface area contributed by atoms with Gasteiger partial charge in [0.2, 0.25) is 10.0 Å². The van der Waals surface area contributed by atoms with E-state index in [1.54, 1.807) is 18.2 Å². The maximum atomic E-state index is 13.6. The van der Waals surface area contributed by atoms with Crippen molar-refractivity contribution in [1.82, 2.24) is 9.71 Å². The lowest BCUT2D eigenvalue weighted by atomic mass is 9.92. The number of sulfonamides is 1. The lowest BCUT2D eigenvalue weighted by Crippen LogP contribution is -2.38. The van der Waals surface area contributed by atoms with Crippen molar-refractivity contribution >= 4 is 20.9 Å². The van der Waals surface area contributed by atoms with E-state index in [-0.39, 0.29) is 16.8 Å². The third-order valence-electron chi connectivity index (χ3n) is 5.11. The first-order valence-electron chi connectivity index (χ1n) is 8.86. The number of hydrogen-bond donors (Lipinski definition) is 2. The van der Waals surface area contributed by atoms with Gasteiger partial charge in [0.1, 0.15) is 5.82 Å². The molecule has 1 unspecified atom stereocenters. The van der Waals surface area contributed by atoms with E-state index in [1.807, 2.05) is 19.1 Å². The summed E-state index contributed by atoms with van der Waals surface area (Å²) < 4.78 is 41.8. The molecule has 0 fully saturated rings. The minimum absolute atomic E-state index is 0.194. The van der Waals surface area contributed by atoms with Crippen LogP contribution in [0.2, 0.25) is 0 Å². The van der Waals surface area contributed by atoms with Crippen molar-refractivity contribution in [1.29, 1.82) is 0 Å². The standard InChI is InChI=1S/C20H21FN2O2S/c1-2-13-3-7-16(8-4-13)26(24,25)23-15-6-10-20-18(12-15)17-11-14(21)5-9-19(17)22-20/h3-5,7-9,11,15,22-23H,2,6,10,12H2,1H3. The fourth-order valence-corrected chi connectivity index (χ4v) is 4.95. The number of halogens is 1. The molecule has 0 aliphatic heterocycles. The van der Waals surface area contributed by atoms with Gasteiger partial charge in [0, 0.05) is 22.6 Å². The monoisotopic (exact) mass is 372 g/mol. The van der Waals surface area contributed by atoms with Crippen molar-refractivity contribution in [2.45, 2.75) is 43.5 Å². The summed E-state index contributed by atoms with van der Waals surface area (Å²) in [7, 11) is -3.57. The Bertz CT molecular complexity index is 1060. The fraction of sp³-hybridized carbons (Fsp3) is 0.300. The van der Waals surface area contributed by atoms with Gasteiger partial charge in [-0.15, -0.1) is 0 Å². The van der Waals surface area contributed by atoms with Crippen molar-refractivity contribution in [2.24, 2.45) is 0 Å². The van der Waals surface area contributed by atoms with Crippen LogP contribution in [0.5, 0.6) is 0 Å². The molecule has 0 radical (unpaired) electrons. The van der Waals surface area contributed by atoms with Crippen molar-refractivity contribution in [3.05, 3.63) is 65.1 Å². The zero-order chi connectivity index (χ0) is 18.3. The summed E-state index contributed by atoms with van der Waals surface area (Å²) in [5.74, 6) is -0.280. The largest absolute Gasteiger partial charge is 0.358 e. The maximum Gasteiger partial charge on any atom is 0.240 e. The molecule has 2 aromatic carbocycles. The third kappa shape index (κ3) is 3.15. The average molecular weight is 372 g/mol. The summed E-state index contributed by atoms with van der Waals surface area (Å²) in [4.78, 5) is 3.61. The van der Waals surface area contributed by atoms with Gasteiger partial charge in [-0.3, -0.25) is 0 Å². The van der Waals surface area contributed by atoms with Gasteiger partial charge in [-0.1, -0.05) is 19.1 Å².